The molecule has 0 aliphatic heterocycles. The monoisotopic (exact) mass is 210 g/mol. The molecule has 4 heteroatoms. The molecule has 0 amide bonds. The molecule has 0 atom stereocenters. The van der Waals surface area contributed by atoms with Crippen LogP contribution in [-0.2, 0) is 0 Å². The van der Waals surface area contributed by atoms with Gasteiger partial charge in [0, 0.05) is 29.0 Å². The number of hydrogen-bond acceptors (Lipinski definition) is 3. The first kappa shape index (κ1) is 8.91. The van der Waals surface area contributed by atoms with Crippen molar-refractivity contribution < 1.29 is 0 Å². The van der Waals surface area contributed by atoms with Crippen LogP contribution in [0.3, 0.4) is 0 Å². The zero-order valence-electron chi connectivity index (χ0n) is 8.51. The highest BCUT2D eigenvalue weighted by molar-refractivity contribution is 5.93. The molecule has 0 bridgehead atoms. The lowest BCUT2D eigenvalue weighted by atomic mass is 10.1. The third kappa shape index (κ3) is 1.32. The van der Waals surface area contributed by atoms with Gasteiger partial charge in [0.2, 0.25) is 0 Å². The van der Waals surface area contributed by atoms with Crippen LogP contribution in [0, 0.1) is 0 Å². The molecule has 0 spiro atoms. The van der Waals surface area contributed by atoms with E-state index in [1.165, 1.54) is 0 Å². The number of nitrogens with one attached hydrogen (secondary N) is 1. The van der Waals surface area contributed by atoms with Gasteiger partial charge in [0.25, 0.3) is 0 Å². The zero-order chi connectivity index (χ0) is 11.0. The Morgan fingerprint density at radius 3 is 2.88 bits per heavy atom. The fourth-order valence-electron chi connectivity index (χ4n) is 1.76. The van der Waals surface area contributed by atoms with E-state index in [2.05, 4.69) is 15.2 Å². The number of rotatable bonds is 1. The van der Waals surface area contributed by atoms with E-state index in [4.69, 9.17) is 5.73 Å². The second kappa shape index (κ2) is 3.34. The summed E-state index contributed by atoms with van der Waals surface area (Å²) in [5.41, 5.74) is 9.70. The van der Waals surface area contributed by atoms with Crippen molar-refractivity contribution in [3.8, 4) is 11.1 Å². The highest BCUT2D eigenvalue weighted by Gasteiger charge is 2.03. The molecule has 3 aromatic rings. The minimum absolute atomic E-state index is 0.746. The number of aromatic amines is 1. The number of nitrogens with zero attached hydrogens (tertiary/aromatic N) is 2. The Hall–Kier alpha value is -2.36. The van der Waals surface area contributed by atoms with Crippen LogP contribution >= 0.6 is 0 Å². The van der Waals surface area contributed by atoms with Crippen LogP contribution in [-0.4, -0.2) is 15.2 Å². The first-order valence-corrected chi connectivity index (χ1v) is 4.98. The topological polar surface area (TPSA) is 67.6 Å². The van der Waals surface area contributed by atoms with Gasteiger partial charge in [0.15, 0.2) is 0 Å². The molecule has 4 nitrogen and oxygen atoms in total. The Bertz CT molecular complexity index is 629. The number of H-pyrrole nitrogens is 1. The molecule has 0 fully saturated rings. The Morgan fingerprint density at radius 2 is 2.06 bits per heavy atom. The number of nitrogen functional groups attached to an aromatic ring is 1. The van der Waals surface area contributed by atoms with Gasteiger partial charge >= 0.3 is 0 Å². The fourth-order valence-corrected chi connectivity index (χ4v) is 1.76. The van der Waals surface area contributed by atoms with E-state index >= 15 is 0 Å². The van der Waals surface area contributed by atoms with E-state index in [0.29, 0.717) is 0 Å². The summed E-state index contributed by atoms with van der Waals surface area (Å²) in [4.78, 5) is 4.26. The summed E-state index contributed by atoms with van der Waals surface area (Å²) in [6.07, 6.45) is 5.36. The molecular weight excluding hydrogens is 200 g/mol. The summed E-state index contributed by atoms with van der Waals surface area (Å²) >= 11 is 0. The van der Waals surface area contributed by atoms with Crippen molar-refractivity contribution in [2.24, 2.45) is 0 Å². The molecule has 0 saturated heterocycles. The normalized spacial score (nSPS) is 10.8. The number of fused-ring (bicyclic) bond motifs is 1. The number of nitrogens with two attached hydrogens (primary N) is 1. The molecular formula is C12H10N4. The van der Waals surface area contributed by atoms with Crippen molar-refractivity contribution in [1.82, 2.24) is 15.2 Å². The van der Waals surface area contributed by atoms with E-state index in [0.717, 1.165) is 27.7 Å². The number of hydrogen-bond donors (Lipinski definition) is 2. The Kier molecular flexibility index (Phi) is 1.86. The largest absolute Gasteiger partial charge is 0.398 e. The van der Waals surface area contributed by atoms with Crippen LogP contribution in [0.4, 0.5) is 5.69 Å². The van der Waals surface area contributed by atoms with Gasteiger partial charge < -0.3 is 5.73 Å². The molecule has 0 radical (unpaired) electrons. The van der Waals surface area contributed by atoms with Crippen LogP contribution < -0.4 is 5.73 Å². The summed E-state index contributed by atoms with van der Waals surface area (Å²) in [7, 11) is 0. The van der Waals surface area contributed by atoms with Crippen molar-refractivity contribution in [3.63, 3.8) is 0 Å². The van der Waals surface area contributed by atoms with Crippen molar-refractivity contribution in [1.29, 1.82) is 0 Å². The Morgan fingerprint density at radius 1 is 1.12 bits per heavy atom. The van der Waals surface area contributed by atoms with E-state index in [1.807, 2.05) is 30.5 Å². The number of anilines is 1. The van der Waals surface area contributed by atoms with Gasteiger partial charge in [-0.15, -0.1) is 0 Å². The van der Waals surface area contributed by atoms with Crippen molar-refractivity contribution in [2.45, 2.75) is 0 Å². The van der Waals surface area contributed by atoms with Gasteiger partial charge in [-0.05, 0) is 23.8 Å². The van der Waals surface area contributed by atoms with Gasteiger partial charge in [-0.2, -0.15) is 5.10 Å². The third-order valence-electron chi connectivity index (χ3n) is 2.61. The quantitative estimate of drug-likeness (QED) is 0.647. The number of pyridine rings is 1. The minimum atomic E-state index is 0.746. The molecule has 16 heavy (non-hydrogen) atoms. The molecule has 78 valence electrons. The summed E-state index contributed by atoms with van der Waals surface area (Å²) < 4.78 is 0. The van der Waals surface area contributed by atoms with Crippen molar-refractivity contribution >= 4 is 16.6 Å². The summed E-state index contributed by atoms with van der Waals surface area (Å²) in [6, 6.07) is 7.82. The number of aromatic nitrogens is 3. The smallest absolute Gasteiger partial charge is 0.0723 e. The predicted octanol–water partition coefficient (Wildman–Crippen LogP) is 2.21. The van der Waals surface area contributed by atoms with E-state index in [9.17, 15) is 0 Å². The van der Waals surface area contributed by atoms with Gasteiger partial charge in [-0.25, -0.2) is 0 Å². The first-order chi connectivity index (χ1) is 7.84. The van der Waals surface area contributed by atoms with E-state index < -0.39 is 0 Å². The predicted molar refractivity (Wildman–Crippen MR) is 63.7 cm³/mol. The van der Waals surface area contributed by atoms with Crippen LogP contribution in [0.1, 0.15) is 0 Å². The fraction of sp³-hybridized carbons (Fsp3) is 0. The SMILES string of the molecule is Nc1ccnc2ccc(-c3cn[nH]c3)cc12. The molecule has 2 aromatic heterocycles. The average molecular weight is 210 g/mol. The van der Waals surface area contributed by atoms with Gasteiger partial charge in [-0.1, -0.05) is 6.07 Å². The van der Waals surface area contributed by atoms with Crippen LogP contribution in [0.5, 0.6) is 0 Å². The first-order valence-electron chi connectivity index (χ1n) is 4.98. The van der Waals surface area contributed by atoms with Gasteiger partial charge in [-0.3, -0.25) is 10.1 Å². The maximum absolute atomic E-state index is 5.92. The Labute approximate surface area is 92.1 Å². The van der Waals surface area contributed by atoms with E-state index in [1.54, 1.807) is 12.4 Å². The highest BCUT2D eigenvalue weighted by atomic mass is 15.1. The van der Waals surface area contributed by atoms with Crippen molar-refractivity contribution in [3.05, 3.63) is 42.9 Å². The second-order valence-corrected chi connectivity index (χ2v) is 3.62. The maximum Gasteiger partial charge on any atom is 0.0723 e. The standard InChI is InChI=1S/C12H10N4/c13-11-3-4-14-12-2-1-8(5-10(11)12)9-6-15-16-7-9/h1-7H,(H2,13,14)(H,15,16). The summed E-state index contributed by atoms with van der Waals surface area (Å²) in [5.74, 6) is 0. The molecule has 0 saturated carbocycles. The van der Waals surface area contributed by atoms with Gasteiger partial charge in [0.1, 0.15) is 0 Å². The lowest BCUT2D eigenvalue weighted by Crippen LogP contribution is -1.88. The van der Waals surface area contributed by atoms with Gasteiger partial charge in [0.05, 0.1) is 11.7 Å². The molecule has 3 rings (SSSR count). The molecule has 0 aliphatic carbocycles. The average Bonchev–Trinajstić information content (AvgIpc) is 2.83. The Balaban J connectivity index is 2.27. The van der Waals surface area contributed by atoms with Crippen LogP contribution in [0.2, 0.25) is 0 Å². The van der Waals surface area contributed by atoms with Crippen LogP contribution in [0.25, 0.3) is 22.0 Å². The summed E-state index contributed by atoms with van der Waals surface area (Å²) in [5, 5.41) is 7.70. The third-order valence-corrected chi connectivity index (χ3v) is 2.61. The van der Waals surface area contributed by atoms with Crippen LogP contribution in [0.15, 0.2) is 42.9 Å². The molecule has 2 heterocycles. The molecule has 0 unspecified atom stereocenters. The second-order valence-electron chi connectivity index (χ2n) is 3.62. The zero-order valence-corrected chi connectivity index (χ0v) is 8.51. The van der Waals surface area contributed by atoms with Crippen molar-refractivity contribution in [2.75, 3.05) is 5.73 Å². The lowest BCUT2D eigenvalue weighted by Gasteiger charge is -2.03. The molecule has 0 aliphatic rings. The summed E-state index contributed by atoms with van der Waals surface area (Å²) in [6.45, 7) is 0. The lowest BCUT2D eigenvalue weighted by molar-refractivity contribution is 1.09. The molecule has 3 N–H and O–H groups in total. The molecule has 1 aromatic carbocycles. The number of benzene rings is 1. The highest BCUT2D eigenvalue weighted by Crippen LogP contribution is 2.25. The minimum Gasteiger partial charge on any atom is -0.398 e. The van der Waals surface area contributed by atoms with E-state index in [-0.39, 0.29) is 0 Å². The maximum atomic E-state index is 5.92.